The van der Waals surface area contributed by atoms with Crippen molar-refractivity contribution in [3.05, 3.63) is 0 Å². The molecule has 1 N–H and O–H groups in total. The van der Waals surface area contributed by atoms with Crippen molar-refractivity contribution in [3.63, 3.8) is 0 Å². The third kappa shape index (κ3) is 2.71. The lowest BCUT2D eigenvalue weighted by atomic mass is 9.91. The fourth-order valence-electron chi connectivity index (χ4n) is 1.98. The topological polar surface area (TPSA) is 29.1 Å². The average Bonchev–Trinajstić information content (AvgIpc) is 2.31. The molecule has 0 saturated carbocycles. The number of hydrogen-bond acceptors (Lipinski definition) is 1. The summed E-state index contributed by atoms with van der Waals surface area (Å²) in [6, 6.07) is 0.413. The van der Waals surface area contributed by atoms with Crippen molar-refractivity contribution in [3.8, 4) is 0 Å². The van der Waals surface area contributed by atoms with Gasteiger partial charge in [-0.3, -0.25) is 4.79 Å². The van der Waals surface area contributed by atoms with E-state index in [1.807, 2.05) is 0 Å². The predicted octanol–water partition coefficient (Wildman–Crippen LogP) is 2.19. The fraction of sp³-hybridized carbons (Fsp3) is 0.909. The summed E-state index contributed by atoms with van der Waals surface area (Å²) in [5.41, 5.74) is 0. The van der Waals surface area contributed by atoms with Gasteiger partial charge in [0.2, 0.25) is 5.91 Å². The first kappa shape index (κ1) is 10.6. The summed E-state index contributed by atoms with van der Waals surface area (Å²) in [6.07, 6.45) is 2.07. The summed E-state index contributed by atoms with van der Waals surface area (Å²) in [7, 11) is 0. The van der Waals surface area contributed by atoms with E-state index in [-0.39, 0.29) is 11.8 Å². The van der Waals surface area contributed by atoms with Crippen LogP contribution in [0.2, 0.25) is 0 Å². The number of rotatable bonds is 3. The monoisotopic (exact) mass is 183 g/mol. The van der Waals surface area contributed by atoms with Crippen molar-refractivity contribution in [2.75, 3.05) is 0 Å². The van der Waals surface area contributed by atoms with Crippen LogP contribution in [0.4, 0.5) is 0 Å². The summed E-state index contributed by atoms with van der Waals surface area (Å²) < 4.78 is 0. The smallest absolute Gasteiger partial charge is 0.223 e. The Kier molecular flexibility index (Phi) is 3.34. The number of nitrogens with one attached hydrogen (secondary N) is 1. The second kappa shape index (κ2) is 4.12. The van der Waals surface area contributed by atoms with E-state index in [0.717, 1.165) is 12.8 Å². The van der Waals surface area contributed by atoms with Gasteiger partial charge >= 0.3 is 0 Å². The van der Waals surface area contributed by atoms with Crippen LogP contribution in [-0.4, -0.2) is 11.9 Å². The minimum Gasteiger partial charge on any atom is -0.353 e. The van der Waals surface area contributed by atoms with Gasteiger partial charge in [-0.05, 0) is 24.7 Å². The number of carbonyl (C=O) groups is 1. The van der Waals surface area contributed by atoms with Crippen molar-refractivity contribution in [1.29, 1.82) is 0 Å². The standard InChI is InChI=1S/C11H21NO/c1-7(2)5-9-6-10(8(3)4)12-11(9)13/h7-10H,5-6H2,1-4H3,(H,12,13)/t9-,10-/m0/s1. The minimum absolute atomic E-state index is 0.271. The molecule has 0 aliphatic carbocycles. The number of amides is 1. The second-order valence-corrected chi connectivity index (χ2v) is 4.92. The van der Waals surface area contributed by atoms with Crippen LogP contribution in [0.3, 0.4) is 0 Å². The third-order valence-electron chi connectivity index (χ3n) is 2.80. The van der Waals surface area contributed by atoms with Crippen LogP contribution >= 0.6 is 0 Å². The molecule has 2 nitrogen and oxygen atoms in total. The summed E-state index contributed by atoms with van der Waals surface area (Å²) in [5.74, 6) is 1.74. The van der Waals surface area contributed by atoms with E-state index in [1.165, 1.54) is 0 Å². The van der Waals surface area contributed by atoms with Gasteiger partial charge in [0.05, 0.1) is 0 Å². The number of carbonyl (C=O) groups excluding carboxylic acids is 1. The van der Waals surface area contributed by atoms with Crippen LogP contribution in [0, 0.1) is 17.8 Å². The van der Waals surface area contributed by atoms with E-state index in [4.69, 9.17) is 0 Å². The Labute approximate surface area is 81.1 Å². The third-order valence-corrected chi connectivity index (χ3v) is 2.80. The summed E-state index contributed by atoms with van der Waals surface area (Å²) in [4.78, 5) is 11.5. The lowest BCUT2D eigenvalue weighted by molar-refractivity contribution is -0.123. The lowest BCUT2D eigenvalue weighted by Gasteiger charge is -2.13. The Morgan fingerprint density at radius 1 is 1.38 bits per heavy atom. The Morgan fingerprint density at radius 2 is 2.00 bits per heavy atom. The van der Waals surface area contributed by atoms with Crippen LogP contribution in [0.15, 0.2) is 0 Å². The molecule has 1 rings (SSSR count). The van der Waals surface area contributed by atoms with E-state index in [0.29, 0.717) is 17.9 Å². The molecule has 1 aliphatic rings. The summed E-state index contributed by atoms with van der Waals surface area (Å²) >= 11 is 0. The van der Waals surface area contributed by atoms with Gasteiger partial charge in [0, 0.05) is 12.0 Å². The van der Waals surface area contributed by atoms with Crippen molar-refractivity contribution in [2.24, 2.45) is 17.8 Å². The van der Waals surface area contributed by atoms with Gasteiger partial charge in [0.15, 0.2) is 0 Å². The molecule has 0 bridgehead atoms. The first-order valence-electron chi connectivity index (χ1n) is 5.31. The van der Waals surface area contributed by atoms with Crippen LogP contribution < -0.4 is 5.32 Å². The second-order valence-electron chi connectivity index (χ2n) is 4.92. The zero-order valence-corrected chi connectivity index (χ0v) is 9.13. The molecular formula is C11H21NO. The Bertz CT molecular complexity index is 187. The van der Waals surface area contributed by atoms with Gasteiger partial charge in [0.25, 0.3) is 0 Å². The maximum Gasteiger partial charge on any atom is 0.223 e. The summed E-state index contributed by atoms with van der Waals surface area (Å²) in [5, 5.41) is 3.07. The van der Waals surface area contributed by atoms with Crippen LogP contribution in [0.5, 0.6) is 0 Å². The molecule has 1 saturated heterocycles. The van der Waals surface area contributed by atoms with Crippen molar-refractivity contribution >= 4 is 5.91 Å². The van der Waals surface area contributed by atoms with Crippen molar-refractivity contribution < 1.29 is 4.79 Å². The highest BCUT2D eigenvalue weighted by Gasteiger charge is 2.33. The van der Waals surface area contributed by atoms with Crippen LogP contribution in [0.25, 0.3) is 0 Å². The van der Waals surface area contributed by atoms with E-state index in [9.17, 15) is 4.79 Å². The molecule has 2 atom stereocenters. The molecule has 1 amide bonds. The average molecular weight is 183 g/mol. The van der Waals surface area contributed by atoms with Gasteiger partial charge < -0.3 is 5.32 Å². The lowest BCUT2D eigenvalue weighted by Crippen LogP contribution is -2.30. The molecular weight excluding hydrogens is 162 g/mol. The first-order chi connectivity index (χ1) is 6.00. The Hall–Kier alpha value is -0.530. The van der Waals surface area contributed by atoms with Crippen molar-refractivity contribution in [2.45, 2.75) is 46.6 Å². The molecule has 1 fully saturated rings. The van der Waals surface area contributed by atoms with Crippen molar-refractivity contribution in [1.82, 2.24) is 5.32 Å². The maximum atomic E-state index is 11.5. The predicted molar refractivity (Wildman–Crippen MR) is 54.3 cm³/mol. The zero-order chi connectivity index (χ0) is 10.0. The van der Waals surface area contributed by atoms with Gasteiger partial charge in [0.1, 0.15) is 0 Å². The van der Waals surface area contributed by atoms with E-state index in [2.05, 4.69) is 33.0 Å². The molecule has 0 radical (unpaired) electrons. The first-order valence-corrected chi connectivity index (χ1v) is 5.31. The molecule has 1 aliphatic heterocycles. The molecule has 2 heteroatoms. The summed E-state index contributed by atoms with van der Waals surface area (Å²) in [6.45, 7) is 8.69. The zero-order valence-electron chi connectivity index (χ0n) is 9.13. The Balaban J connectivity index is 2.47. The molecule has 13 heavy (non-hydrogen) atoms. The van der Waals surface area contributed by atoms with Crippen LogP contribution in [-0.2, 0) is 4.79 Å². The largest absolute Gasteiger partial charge is 0.353 e. The SMILES string of the molecule is CC(C)C[C@H]1C[C@@H](C(C)C)NC1=O. The highest BCUT2D eigenvalue weighted by Crippen LogP contribution is 2.25. The molecule has 76 valence electrons. The van der Waals surface area contributed by atoms with E-state index >= 15 is 0 Å². The Morgan fingerprint density at radius 3 is 2.38 bits per heavy atom. The molecule has 0 spiro atoms. The highest BCUT2D eigenvalue weighted by atomic mass is 16.2. The molecule has 0 aromatic carbocycles. The van der Waals surface area contributed by atoms with E-state index in [1.54, 1.807) is 0 Å². The molecule has 0 aromatic rings. The minimum atomic E-state index is 0.271. The fourth-order valence-corrected chi connectivity index (χ4v) is 1.98. The van der Waals surface area contributed by atoms with Gasteiger partial charge in [-0.2, -0.15) is 0 Å². The molecule has 0 unspecified atom stereocenters. The van der Waals surface area contributed by atoms with Gasteiger partial charge in [-0.25, -0.2) is 0 Å². The molecule has 1 heterocycles. The maximum absolute atomic E-state index is 11.5. The van der Waals surface area contributed by atoms with E-state index < -0.39 is 0 Å². The van der Waals surface area contributed by atoms with Gasteiger partial charge in [-0.15, -0.1) is 0 Å². The van der Waals surface area contributed by atoms with Crippen LogP contribution in [0.1, 0.15) is 40.5 Å². The normalized spacial score (nSPS) is 28.6. The van der Waals surface area contributed by atoms with Gasteiger partial charge in [-0.1, -0.05) is 27.7 Å². The molecule has 0 aromatic heterocycles. The quantitative estimate of drug-likeness (QED) is 0.714. The highest BCUT2D eigenvalue weighted by molar-refractivity contribution is 5.81. The number of hydrogen-bond donors (Lipinski definition) is 1.